The van der Waals surface area contributed by atoms with Crippen LogP contribution in [0.25, 0.3) is 6.08 Å². The number of carbonyl (C=O) groups is 1. The van der Waals surface area contributed by atoms with Gasteiger partial charge in [0.1, 0.15) is 10.4 Å². The summed E-state index contributed by atoms with van der Waals surface area (Å²) in [5.41, 5.74) is 0.203. The maximum absolute atomic E-state index is 12.1. The Labute approximate surface area is 149 Å². The number of hydrogen-bond donors (Lipinski definition) is 0. The number of anilines is 1. The van der Waals surface area contributed by atoms with Crippen LogP contribution in [0.2, 0.25) is 0 Å². The van der Waals surface area contributed by atoms with Crippen LogP contribution in [-0.4, -0.2) is 52.5 Å². The van der Waals surface area contributed by atoms with E-state index < -0.39 is 0 Å². The van der Waals surface area contributed by atoms with Crippen molar-refractivity contribution in [3.05, 3.63) is 16.5 Å². The van der Waals surface area contributed by atoms with Crippen molar-refractivity contribution in [3.63, 3.8) is 0 Å². The summed E-state index contributed by atoms with van der Waals surface area (Å²) < 4.78 is 11.9. The van der Waals surface area contributed by atoms with E-state index >= 15 is 0 Å². The Morgan fingerprint density at radius 2 is 2.08 bits per heavy atom. The van der Waals surface area contributed by atoms with Crippen molar-refractivity contribution in [2.45, 2.75) is 26.1 Å². The third-order valence-corrected chi connectivity index (χ3v) is 5.16. The SMILES string of the molecule is C[C@@H]1CN(c2oc(/C=C3/SC(=S)N(C)C3=O)nc2C#N)C[C@H](C)O1. The Morgan fingerprint density at radius 1 is 1.42 bits per heavy atom. The zero-order chi connectivity index (χ0) is 17.4. The molecule has 0 saturated carbocycles. The Bertz CT molecular complexity index is 757. The van der Waals surface area contributed by atoms with Crippen LogP contribution < -0.4 is 4.90 Å². The summed E-state index contributed by atoms with van der Waals surface area (Å²) in [6.45, 7) is 5.17. The fourth-order valence-electron chi connectivity index (χ4n) is 2.68. The normalized spacial score (nSPS) is 26.3. The van der Waals surface area contributed by atoms with E-state index in [9.17, 15) is 10.1 Å². The number of aromatic nitrogens is 1. The molecule has 0 aliphatic carbocycles. The number of thiocarbonyl (C=S) groups is 1. The van der Waals surface area contributed by atoms with Gasteiger partial charge in [0.05, 0.1) is 17.1 Å². The van der Waals surface area contributed by atoms with E-state index in [0.717, 1.165) is 0 Å². The zero-order valence-corrected chi connectivity index (χ0v) is 15.1. The number of ether oxygens (including phenoxy) is 1. The molecule has 1 aromatic heterocycles. The Balaban J connectivity index is 1.90. The minimum Gasteiger partial charge on any atom is -0.420 e. The van der Waals surface area contributed by atoms with Crippen LogP contribution in [0.4, 0.5) is 5.88 Å². The van der Waals surface area contributed by atoms with E-state index in [1.165, 1.54) is 22.7 Å². The molecular formula is C15H16N4O3S2. The summed E-state index contributed by atoms with van der Waals surface area (Å²) in [7, 11) is 1.62. The molecule has 7 nitrogen and oxygen atoms in total. The third-order valence-electron chi connectivity index (χ3n) is 3.68. The molecule has 2 atom stereocenters. The summed E-state index contributed by atoms with van der Waals surface area (Å²) in [6, 6.07) is 2.05. The monoisotopic (exact) mass is 364 g/mol. The van der Waals surface area contributed by atoms with E-state index in [4.69, 9.17) is 21.4 Å². The molecule has 3 heterocycles. The number of likely N-dealkylation sites (N-methyl/N-ethyl adjacent to an activating group) is 1. The molecule has 2 aliphatic heterocycles. The van der Waals surface area contributed by atoms with Crippen LogP contribution in [0, 0.1) is 11.3 Å². The van der Waals surface area contributed by atoms with Crippen molar-refractivity contribution in [1.82, 2.24) is 9.88 Å². The molecule has 24 heavy (non-hydrogen) atoms. The van der Waals surface area contributed by atoms with Crippen LogP contribution in [-0.2, 0) is 9.53 Å². The van der Waals surface area contributed by atoms with Crippen LogP contribution in [0.3, 0.4) is 0 Å². The van der Waals surface area contributed by atoms with Crippen molar-refractivity contribution in [2.75, 3.05) is 25.0 Å². The third kappa shape index (κ3) is 3.17. The van der Waals surface area contributed by atoms with Gasteiger partial charge in [0, 0.05) is 26.2 Å². The average molecular weight is 364 g/mol. The van der Waals surface area contributed by atoms with Gasteiger partial charge in [-0.2, -0.15) is 10.2 Å². The van der Waals surface area contributed by atoms with E-state index in [2.05, 4.69) is 11.1 Å². The topological polar surface area (TPSA) is 82.6 Å². The van der Waals surface area contributed by atoms with Gasteiger partial charge in [0.2, 0.25) is 17.5 Å². The van der Waals surface area contributed by atoms with E-state index in [-0.39, 0.29) is 29.7 Å². The Kier molecular flexibility index (Phi) is 4.62. The number of nitriles is 1. The maximum atomic E-state index is 12.1. The Morgan fingerprint density at radius 3 is 2.62 bits per heavy atom. The number of hydrogen-bond acceptors (Lipinski definition) is 8. The molecule has 0 unspecified atom stereocenters. The minimum absolute atomic E-state index is 0.0326. The molecule has 0 N–H and O–H groups in total. The van der Waals surface area contributed by atoms with Gasteiger partial charge < -0.3 is 14.1 Å². The van der Waals surface area contributed by atoms with Gasteiger partial charge in [-0.15, -0.1) is 0 Å². The van der Waals surface area contributed by atoms with Crippen molar-refractivity contribution < 1.29 is 13.9 Å². The lowest BCUT2D eigenvalue weighted by atomic mass is 10.2. The fraction of sp³-hybridized carbons (Fsp3) is 0.467. The van der Waals surface area contributed by atoms with Crippen LogP contribution in [0.1, 0.15) is 25.4 Å². The molecule has 0 bridgehead atoms. The highest BCUT2D eigenvalue weighted by atomic mass is 32.2. The molecule has 1 amide bonds. The minimum atomic E-state index is -0.197. The molecule has 2 fully saturated rings. The first-order chi connectivity index (χ1) is 11.4. The van der Waals surface area contributed by atoms with Gasteiger partial charge in [-0.25, -0.2) is 0 Å². The summed E-state index contributed by atoms with van der Waals surface area (Å²) >= 11 is 6.28. The Hall–Kier alpha value is -1.89. The van der Waals surface area contributed by atoms with Crippen LogP contribution in [0.5, 0.6) is 0 Å². The predicted octanol–water partition coefficient (Wildman–Crippen LogP) is 1.99. The molecule has 1 aromatic rings. The second-order valence-corrected chi connectivity index (χ2v) is 7.40. The van der Waals surface area contributed by atoms with Crippen molar-refractivity contribution >= 4 is 46.2 Å². The van der Waals surface area contributed by atoms with Crippen molar-refractivity contribution in [1.29, 1.82) is 5.26 Å². The number of morpholine rings is 1. The highest BCUT2D eigenvalue weighted by Crippen LogP contribution is 2.33. The first-order valence-corrected chi connectivity index (χ1v) is 8.64. The lowest BCUT2D eigenvalue weighted by molar-refractivity contribution is -0.121. The average Bonchev–Trinajstić information content (AvgIpc) is 3.04. The van der Waals surface area contributed by atoms with Crippen LogP contribution in [0.15, 0.2) is 9.32 Å². The van der Waals surface area contributed by atoms with Gasteiger partial charge in [-0.05, 0) is 13.8 Å². The highest BCUT2D eigenvalue weighted by Gasteiger charge is 2.31. The van der Waals surface area contributed by atoms with Crippen molar-refractivity contribution in [3.8, 4) is 6.07 Å². The van der Waals surface area contributed by atoms with Gasteiger partial charge in [0.25, 0.3) is 5.91 Å². The predicted molar refractivity (Wildman–Crippen MR) is 94.4 cm³/mol. The second-order valence-electron chi connectivity index (χ2n) is 5.72. The van der Waals surface area contributed by atoms with Gasteiger partial charge in [-0.3, -0.25) is 9.69 Å². The molecular weight excluding hydrogens is 348 g/mol. The quantitative estimate of drug-likeness (QED) is 0.582. The molecule has 2 saturated heterocycles. The van der Waals surface area contributed by atoms with E-state index in [1.807, 2.05) is 18.7 Å². The number of thioether (sulfide) groups is 1. The highest BCUT2D eigenvalue weighted by molar-refractivity contribution is 8.26. The lowest BCUT2D eigenvalue weighted by Gasteiger charge is -2.34. The number of amides is 1. The summed E-state index contributed by atoms with van der Waals surface area (Å²) in [5, 5.41) is 9.34. The van der Waals surface area contributed by atoms with E-state index in [1.54, 1.807) is 7.05 Å². The smallest absolute Gasteiger partial charge is 0.266 e. The van der Waals surface area contributed by atoms with E-state index in [0.29, 0.717) is 28.2 Å². The molecule has 9 heteroatoms. The maximum Gasteiger partial charge on any atom is 0.266 e. The molecule has 0 radical (unpaired) electrons. The zero-order valence-electron chi connectivity index (χ0n) is 13.5. The first kappa shape index (κ1) is 17.0. The number of carbonyl (C=O) groups excluding carboxylic acids is 1. The summed E-state index contributed by atoms with van der Waals surface area (Å²) in [4.78, 5) is 20.0. The lowest BCUT2D eigenvalue weighted by Crippen LogP contribution is -2.45. The molecule has 0 spiro atoms. The standard InChI is InChI=1S/C15H16N4O3S2/c1-8-6-19(7-9(2)21-8)14-10(5-16)17-12(22-14)4-11-13(20)18(3)15(23)24-11/h4,8-9H,6-7H2,1-3H3/b11-4+/t8-,9+. The summed E-state index contributed by atoms with van der Waals surface area (Å²) in [6.07, 6.45) is 1.59. The molecule has 3 rings (SSSR count). The van der Waals surface area contributed by atoms with Gasteiger partial charge in [-0.1, -0.05) is 24.0 Å². The second kappa shape index (κ2) is 6.55. The fourth-order valence-corrected chi connectivity index (χ4v) is 3.82. The number of rotatable bonds is 2. The molecule has 0 aromatic carbocycles. The van der Waals surface area contributed by atoms with Crippen molar-refractivity contribution in [2.24, 2.45) is 0 Å². The number of oxazole rings is 1. The van der Waals surface area contributed by atoms with Gasteiger partial charge in [0.15, 0.2) is 0 Å². The summed E-state index contributed by atoms with van der Waals surface area (Å²) in [5.74, 6) is 0.442. The molecule has 2 aliphatic rings. The van der Waals surface area contributed by atoms with Crippen LogP contribution >= 0.6 is 24.0 Å². The van der Waals surface area contributed by atoms with Gasteiger partial charge >= 0.3 is 0 Å². The first-order valence-electron chi connectivity index (χ1n) is 7.42. The largest absolute Gasteiger partial charge is 0.420 e. The molecule has 126 valence electrons. The number of nitrogens with zero attached hydrogens (tertiary/aromatic N) is 4.